The van der Waals surface area contributed by atoms with Crippen LogP contribution in [0.4, 0.5) is 18.9 Å². The number of halogens is 3. The molecular formula is C22H19F3N4O. The van der Waals surface area contributed by atoms with Crippen molar-refractivity contribution in [2.75, 3.05) is 0 Å². The lowest BCUT2D eigenvalue weighted by Crippen LogP contribution is -2.43. The molecular weight excluding hydrogens is 393 g/mol. The van der Waals surface area contributed by atoms with Crippen molar-refractivity contribution in [2.45, 2.75) is 49.7 Å². The van der Waals surface area contributed by atoms with Gasteiger partial charge >= 0.3 is 0 Å². The van der Waals surface area contributed by atoms with Crippen LogP contribution in [-0.4, -0.2) is 23.5 Å². The van der Waals surface area contributed by atoms with Gasteiger partial charge in [0.2, 0.25) is 5.69 Å². The van der Waals surface area contributed by atoms with Gasteiger partial charge in [0.1, 0.15) is 11.9 Å². The van der Waals surface area contributed by atoms with Gasteiger partial charge in [-0.05, 0) is 48.9 Å². The Morgan fingerprint density at radius 1 is 1.33 bits per heavy atom. The predicted molar refractivity (Wildman–Crippen MR) is 104 cm³/mol. The third-order valence-electron chi connectivity index (χ3n) is 6.41. The Bertz CT molecular complexity index is 1100. The van der Waals surface area contributed by atoms with Crippen LogP contribution in [0.25, 0.3) is 4.85 Å². The van der Waals surface area contributed by atoms with E-state index in [1.165, 1.54) is 12.1 Å². The molecule has 1 aromatic heterocycles. The van der Waals surface area contributed by atoms with E-state index in [1.54, 1.807) is 12.3 Å². The molecule has 2 aliphatic carbocycles. The molecule has 0 saturated heterocycles. The van der Waals surface area contributed by atoms with Crippen molar-refractivity contribution in [1.29, 1.82) is 0 Å². The first kappa shape index (κ1) is 18.9. The molecule has 2 N–H and O–H groups in total. The van der Waals surface area contributed by atoms with Gasteiger partial charge in [0, 0.05) is 29.3 Å². The molecule has 1 saturated carbocycles. The molecule has 0 spiro atoms. The lowest BCUT2D eigenvalue weighted by molar-refractivity contribution is 0.0176. The Kier molecular flexibility index (Phi) is 4.24. The first-order valence-corrected chi connectivity index (χ1v) is 9.87. The van der Waals surface area contributed by atoms with Crippen LogP contribution in [-0.2, 0) is 23.1 Å². The normalized spacial score (nSPS) is 28.9. The fourth-order valence-electron chi connectivity index (χ4n) is 4.89. The van der Waals surface area contributed by atoms with Gasteiger partial charge in [0.25, 0.3) is 12.4 Å². The molecule has 1 aromatic carbocycles. The number of aliphatic imine (C=N–C) groups is 1. The summed E-state index contributed by atoms with van der Waals surface area (Å²) >= 11 is 0. The Hall–Kier alpha value is -3.08. The average molecular weight is 412 g/mol. The molecule has 4 atom stereocenters. The second-order valence-electron chi connectivity index (χ2n) is 8.18. The summed E-state index contributed by atoms with van der Waals surface area (Å²) in [5, 5.41) is 0. The predicted octanol–water partition coefficient (Wildman–Crippen LogP) is 4.24. The van der Waals surface area contributed by atoms with Crippen molar-refractivity contribution in [1.82, 2.24) is 4.98 Å². The quantitative estimate of drug-likeness (QED) is 0.764. The second kappa shape index (κ2) is 6.73. The molecule has 5 nitrogen and oxygen atoms in total. The van der Waals surface area contributed by atoms with E-state index in [9.17, 15) is 13.2 Å². The van der Waals surface area contributed by atoms with Gasteiger partial charge in [-0.25, -0.2) is 23.0 Å². The Balaban J connectivity index is 1.50. The molecule has 1 fully saturated rings. The summed E-state index contributed by atoms with van der Waals surface area (Å²) in [6.07, 6.45) is 0.796. The van der Waals surface area contributed by atoms with Gasteiger partial charge in [-0.1, -0.05) is 12.1 Å². The maximum absolute atomic E-state index is 14.8. The number of benzene rings is 1. The molecule has 2 heterocycles. The zero-order valence-corrected chi connectivity index (χ0v) is 16.0. The zero-order chi connectivity index (χ0) is 21.0. The number of fused-ring (bicyclic) bond motifs is 2. The maximum Gasteiger partial charge on any atom is 0.283 e. The molecule has 3 aliphatic rings. The van der Waals surface area contributed by atoms with E-state index in [-0.39, 0.29) is 17.5 Å². The van der Waals surface area contributed by atoms with Crippen molar-refractivity contribution in [2.24, 2.45) is 16.6 Å². The van der Waals surface area contributed by atoms with Gasteiger partial charge in [0.15, 0.2) is 5.54 Å². The van der Waals surface area contributed by atoms with Crippen LogP contribution in [0.15, 0.2) is 35.5 Å². The Morgan fingerprint density at radius 3 is 2.93 bits per heavy atom. The number of hydrogen-bond donors (Lipinski definition) is 1. The number of aryl methyl sites for hydroxylation is 1. The SMILES string of the molecule is [C-]#[N+]c1cnc2c(c1)CC[C@H]2Cc1ccc(F)c([C@@]2(C(F)F)N=C(N)O[C@@H]3C[C@@H]32)c1. The Morgan fingerprint density at radius 2 is 2.17 bits per heavy atom. The topological polar surface area (TPSA) is 64.9 Å². The highest BCUT2D eigenvalue weighted by Crippen LogP contribution is 2.56. The van der Waals surface area contributed by atoms with Crippen LogP contribution in [0.5, 0.6) is 0 Å². The van der Waals surface area contributed by atoms with Crippen molar-refractivity contribution < 1.29 is 17.9 Å². The summed E-state index contributed by atoms with van der Waals surface area (Å²) in [5.74, 6) is -1.21. The number of pyridine rings is 1. The number of alkyl halides is 2. The van der Waals surface area contributed by atoms with Crippen LogP contribution in [0.1, 0.15) is 41.1 Å². The van der Waals surface area contributed by atoms with E-state index < -0.39 is 29.8 Å². The van der Waals surface area contributed by atoms with Crippen molar-refractivity contribution >= 4 is 11.7 Å². The number of aromatic nitrogens is 1. The summed E-state index contributed by atoms with van der Waals surface area (Å²) in [6.45, 7) is 7.12. The van der Waals surface area contributed by atoms with Gasteiger partial charge in [-0.15, -0.1) is 0 Å². The van der Waals surface area contributed by atoms with Crippen molar-refractivity contribution in [3.63, 3.8) is 0 Å². The summed E-state index contributed by atoms with van der Waals surface area (Å²) in [4.78, 5) is 11.8. The molecule has 5 rings (SSSR count). The highest BCUT2D eigenvalue weighted by atomic mass is 19.3. The number of hydrogen-bond acceptors (Lipinski definition) is 4. The number of rotatable bonds is 4. The molecule has 8 heteroatoms. The largest absolute Gasteiger partial charge is 0.462 e. The molecule has 0 amide bonds. The molecule has 2 aromatic rings. The van der Waals surface area contributed by atoms with Gasteiger partial charge < -0.3 is 10.5 Å². The van der Waals surface area contributed by atoms with Crippen LogP contribution in [0.3, 0.4) is 0 Å². The van der Waals surface area contributed by atoms with Crippen LogP contribution in [0.2, 0.25) is 0 Å². The summed E-state index contributed by atoms with van der Waals surface area (Å²) in [6, 6.07) is 5.90. The lowest BCUT2D eigenvalue weighted by atomic mass is 9.83. The van der Waals surface area contributed by atoms with Gasteiger partial charge in [0.05, 0.1) is 6.57 Å². The first-order chi connectivity index (χ1) is 14.4. The molecule has 154 valence electrons. The molecule has 0 radical (unpaired) electrons. The maximum atomic E-state index is 14.8. The van der Waals surface area contributed by atoms with E-state index in [1.807, 2.05) is 6.07 Å². The standard InChI is InChI=1S/C22H19F3N4O/c1-27-14-8-13-4-3-12(19(13)28-10-14)6-11-2-5-17(23)15(7-11)22(20(24)25)16-9-18(16)30-21(26)29-22/h2,5,7-8,10,12,16,18,20H,3-4,6,9H2,(H2,26,29)/t12-,16-,18+,22+/m0/s1. The van der Waals surface area contributed by atoms with E-state index in [0.29, 0.717) is 18.5 Å². The minimum absolute atomic E-state index is 0.0949. The monoisotopic (exact) mass is 412 g/mol. The summed E-state index contributed by atoms with van der Waals surface area (Å²) < 4.78 is 48.6. The molecule has 0 bridgehead atoms. The number of nitrogens with two attached hydrogens (primary N) is 1. The lowest BCUT2D eigenvalue weighted by Gasteiger charge is -2.33. The minimum Gasteiger partial charge on any atom is -0.462 e. The van der Waals surface area contributed by atoms with Crippen molar-refractivity contribution in [3.8, 4) is 0 Å². The fourth-order valence-corrected chi connectivity index (χ4v) is 4.89. The number of nitrogens with zero attached hydrogens (tertiary/aromatic N) is 3. The number of ether oxygens (including phenoxy) is 1. The smallest absolute Gasteiger partial charge is 0.283 e. The summed E-state index contributed by atoms with van der Waals surface area (Å²) in [5.41, 5.74) is 6.73. The van der Waals surface area contributed by atoms with Gasteiger partial charge in [-0.2, -0.15) is 0 Å². The van der Waals surface area contributed by atoms with Crippen LogP contribution in [0, 0.1) is 18.3 Å². The fraction of sp³-hybridized carbons (Fsp3) is 0.409. The van der Waals surface area contributed by atoms with E-state index >= 15 is 0 Å². The highest BCUT2D eigenvalue weighted by molar-refractivity contribution is 5.74. The first-order valence-electron chi connectivity index (χ1n) is 9.87. The van der Waals surface area contributed by atoms with E-state index in [2.05, 4.69) is 14.8 Å². The Labute approximate surface area is 171 Å². The molecule has 0 unspecified atom stereocenters. The second-order valence-corrected chi connectivity index (χ2v) is 8.18. The van der Waals surface area contributed by atoms with Crippen molar-refractivity contribution in [3.05, 3.63) is 70.1 Å². The highest BCUT2D eigenvalue weighted by Gasteiger charge is 2.64. The van der Waals surface area contributed by atoms with Crippen LogP contribution < -0.4 is 5.73 Å². The third kappa shape index (κ3) is 2.83. The van der Waals surface area contributed by atoms with E-state index in [4.69, 9.17) is 17.0 Å². The van der Waals surface area contributed by atoms with Crippen LogP contribution >= 0.6 is 0 Å². The molecule has 1 aliphatic heterocycles. The average Bonchev–Trinajstić information content (AvgIpc) is 3.41. The zero-order valence-electron chi connectivity index (χ0n) is 16.0. The minimum atomic E-state index is -2.90. The van der Waals surface area contributed by atoms with E-state index in [0.717, 1.165) is 29.7 Å². The molecule has 30 heavy (non-hydrogen) atoms. The third-order valence-corrected chi connectivity index (χ3v) is 6.41. The summed E-state index contributed by atoms with van der Waals surface area (Å²) in [7, 11) is 0. The number of amidine groups is 1. The van der Waals surface area contributed by atoms with Gasteiger partial charge in [-0.3, -0.25) is 4.98 Å².